The van der Waals surface area contributed by atoms with Crippen molar-refractivity contribution in [3.8, 4) is 11.3 Å². The molecule has 0 bridgehead atoms. The number of halogens is 2. The molecule has 140 valence electrons. The molecule has 0 fully saturated rings. The number of aryl methyl sites for hydroxylation is 1. The van der Waals surface area contributed by atoms with Crippen molar-refractivity contribution >= 4 is 11.5 Å². The molecular formula is C21H22F2N4. The Morgan fingerprint density at radius 3 is 2.56 bits per heavy atom. The Morgan fingerprint density at radius 2 is 1.85 bits per heavy atom. The average molecular weight is 368 g/mol. The molecule has 0 unspecified atom stereocenters. The molecule has 0 saturated heterocycles. The summed E-state index contributed by atoms with van der Waals surface area (Å²) in [6.45, 7) is 7.43. The Kier molecular flexibility index (Phi) is 4.23. The first-order chi connectivity index (χ1) is 12.8. The molecule has 0 atom stereocenters. The van der Waals surface area contributed by atoms with E-state index in [2.05, 4.69) is 29.0 Å². The minimum atomic E-state index is -0.300. The standard InChI is InChI=1S/C21H22F2N4/c1-13-4-9-16(12-17(13)23)25-19-18(14-5-7-15(22)8-6-14)26-20-21(2,3)24-10-11-27(19)20/h4-9,12,24-25H,10-11H2,1-3H3. The van der Waals surface area contributed by atoms with Crippen molar-refractivity contribution in [3.63, 3.8) is 0 Å². The molecule has 2 N–H and O–H groups in total. The van der Waals surface area contributed by atoms with E-state index in [1.807, 2.05) is 6.07 Å². The van der Waals surface area contributed by atoms with Crippen LogP contribution in [0, 0.1) is 18.6 Å². The molecule has 1 aliphatic rings. The highest BCUT2D eigenvalue weighted by molar-refractivity contribution is 5.77. The van der Waals surface area contributed by atoms with Crippen LogP contribution in [-0.4, -0.2) is 16.1 Å². The molecular weight excluding hydrogens is 346 g/mol. The summed E-state index contributed by atoms with van der Waals surface area (Å²) < 4.78 is 29.5. The van der Waals surface area contributed by atoms with Gasteiger partial charge in [-0.1, -0.05) is 6.07 Å². The van der Waals surface area contributed by atoms with E-state index in [1.54, 1.807) is 25.1 Å². The van der Waals surface area contributed by atoms with Crippen molar-refractivity contribution in [1.29, 1.82) is 0 Å². The van der Waals surface area contributed by atoms with Crippen molar-refractivity contribution < 1.29 is 8.78 Å². The molecule has 0 radical (unpaired) electrons. The maximum atomic E-state index is 14.0. The van der Waals surface area contributed by atoms with Crippen LogP contribution in [0.2, 0.25) is 0 Å². The van der Waals surface area contributed by atoms with Crippen LogP contribution >= 0.6 is 0 Å². The molecule has 27 heavy (non-hydrogen) atoms. The van der Waals surface area contributed by atoms with Crippen molar-refractivity contribution in [2.45, 2.75) is 32.9 Å². The van der Waals surface area contributed by atoms with Gasteiger partial charge in [-0.05, 0) is 62.7 Å². The number of nitrogens with zero attached hydrogens (tertiary/aromatic N) is 2. The van der Waals surface area contributed by atoms with Gasteiger partial charge in [0.25, 0.3) is 0 Å². The highest BCUT2D eigenvalue weighted by Gasteiger charge is 2.33. The van der Waals surface area contributed by atoms with Gasteiger partial charge < -0.3 is 15.2 Å². The van der Waals surface area contributed by atoms with Crippen LogP contribution in [0.4, 0.5) is 20.3 Å². The Hall–Kier alpha value is -2.73. The molecule has 4 nitrogen and oxygen atoms in total. The van der Waals surface area contributed by atoms with Gasteiger partial charge in [-0.2, -0.15) is 0 Å². The largest absolute Gasteiger partial charge is 0.340 e. The summed E-state index contributed by atoms with van der Waals surface area (Å²) in [7, 11) is 0. The molecule has 2 aromatic carbocycles. The van der Waals surface area contributed by atoms with Gasteiger partial charge in [0.1, 0.15) is 29.0 Å². The van der Waals surface area contributed by atoms with E-state index in [4.69, 9.17) is 4.98 Å². The van der Waals surface area contributed by atoms with E-state index in [0.29, 0.717) is 11.3 Å². The number of hydrogen-bond donors (Lipinski definition) is 2. The summed E-state index contributed by atoms with van der Waals surface area (Å²) in [5, 5.41) is 6.80. The molecule has 0 aliphatic carbocycles. The monoisotopic (exact) mass is 368 g/mol. The maximum Gasteiger partial charge on any atom is 0.138 e. The zero-order valence-corrected chi connectivity index (χ0v) is 15.6. The first-order valence-electron chi connectivity index (χ1n) is 9.00. The van der Waals surface area contributed by atoms with Gasteiger partial charge in [-0.15, -0.1) is 0 Å². The Labute approximate surface area is 157 Å². The molecule has 3 aromatic rings. The minimum absolute atomic E-state index is 0.260. The van der Waals surface area contributed by atoms with E-state index in [9.17, 15) is 8.78 Å². The lowest BCUT2D eigenvalue weighted by atomic mass is 10.0. The van der Waals surface area contributed by atoms with Gasteiger partial charge in [-0.25, -0.2) is 13.8 Å². The summed E-state index contributed by atoms with van der Waals surface area (Å²) in [6.07, 6.45) is 0. The van der Waals surface area contributed by atoms with Gasteiger partial charge in [-0.3, -0.25) is 0 Å². The van der Waals surface area contributed by atoms with Gasteiger partial charge >= 0.3 is 0 Å². The number of nitrogens with one attached hydrogen (secondary N) is 2. The summed E-state index contributed by atoms with van der Waals surface area (Å²) in [5.41, 5.74) is 2.48. The topological polar surface area (TPSA) is 41.9 Å². The highest BCUT2D eigenvalue weighted by Crippen LogP contribution is 2.36. The first-order valence-corrected chi connectivity index (χ1v) is 9.00. The highest BCUT2D eigenvalue weighted by atomic mass is 19.1. The fourth-order valence-electron chi connectivity index (χ4n) is 3.45. The second-order valence-corrected chi connectivity index (χ2v) is 7.43. The van der Waals surface area contributed by atoms with E-state index in [0.717, 1.165) is 36.0 Å². The molecule has 0 amide bonds. The summed E-state index contributed by atoms with van der Waals surface area (Å²) in [5.74, 6) is 1.13. The summed E-state index contributed by atoms with van der Waals surface area (Å²) >= 11 is 0. The number of hydrogen-bond acceptors (Lipinski definition) is 3. The molecule has 0 spiro atoms. The zero-order chi connectivity index (χ0) is 19.2. The van der Waals surface area contributed by atoms with Crippen LogP contribution in [0.1, 0.15) is 25.2 Å². The van der Waals surface area contributed by atoms with Crippen LogP contribution in [-0.2, 0) is 12.1 Å². The lowest BCUT2D eigenvalue weighted by molar-refractivity contribution is 0.317. The third-order valence-electron chi connectivity index (χ3n) is 4.98. The van der Waals surface area contributed by atoms with Gasteiger partial charge in [0, 0.05) is 24.3 Å². The van der Waals surface area contributed by atoms with Crippen molar-refractivity contribution in [3.05, 3.63) is 65.5 Å². The minimum Gasteiger partial charge on any atom is -0.340 e. The van der Waals surface area contributed by atoms with Crippen LogP contribution in [0.3, 0.4) is 0 Å². The lowest BCUT2D eigenvalue weighted by Crippen LogP contribution is -2.45. The first kappa shape index (κ1) is 17.7. The van der Waals surface area contributed by atoms with E-state index in [1.165, 1.54) is 18.2 Å². The molecule has 1 aliphatic heterocycles. The fraction of sp³-hybridized carbons (Fsp3) is 0.286. The number of fused-ring (bicyclic) bond motifs is 1. The lowest BCUT2D eigenvalue weighted by Gasteiger charge is -2.32. The molecule has 1 aromatic heterocycles. The van der Waals surface area contributed by atoms with Gasteiger partial charge in [0.05, 0.1) is 5.54 Å². The van der Waals surface area contributed by atoms with Crippen LogP contribution in [0.15, 0.2) is 42.5 Å². The van der Waals surface area contributed by atoms with Crippen LogP contribution in [0.5, 0.6) is 0 Å². The van der Waals surface area contributed by atoms with Crippen molar-refractivity contribution in [2.75, 3.05) is 11.9 Å². The maximum absolute atomic E-state index is 14.0. The molecule has 0 saturated carbocycles. The Balaban J connectivity index is 1.86. The predicted octanol–water partition coefficient (Wildman–Crippen LogP) is 4.72. The summed E-state index contributed by atoms with van der Waals surface area (Å²) in [6, 6.07) is 11.3. The smallest absolute Gasteiger partial charge is 0.138 e. The number of aromatic nitrogens is 2. The molecule has 2 heterocycles. The molecule has 6 heteroatoms. The number of imidazole rings is 1. The van der Waals surface area contributed by atoms with Gasteiger partial charge in [0.15, 0.2) is 0 Å². The Morgan fingerprint density at radius 1 is 1.11 bits per heavy atom. The van der Waals surface area contributed by atoms with Crippen LogP contribution in [0.25, 0.3) is 11.3 Å². The van der Waals surface area contributed by atoms with Crippen molar-refractivity contribution in [2.24, 2.45) is 0 Å². The van der Waals surface area contributed by atoms with Gasteiger partial charge in [0.2, 0.25) is 0 Å². The zero-order valence-electron chi connectivity index (χ0n) is 15.6. The van der Waals surface area contributed by atoms with E-state index in [-0.39, 0.29) is 17.2 Å². The predicted molar refractivity (Wildman–Crippen MR) is 103 cm³/mol. The van der Waals surface area contributed by atoms with E-state index < -0.39 is 0 Å². The van der Waals surface area contributed by atoms with Crippen LogP contribution < -0.4 is 10.6 Å². The number of benzene rings is 2. The second-order valence-electron chi connectivity index (χ2n) is 7.43. The average Bonchev–Trinajstić information content (AvgIpc) is 2.99. The number of anilines is 2. The normalized spacial score (nSPS) is 15.4. The second kappa shape index (κ2) is 6.46. The molecule has 4 rings (SSSR count). The SMILES string of the molecule is Cc1ccc(Nc2c(-c3ccc(F)cc3)nc3n2CCNC3(C)C)cc1F. The van der Waals surface area contributed by atoms with Crippen molar-refractivity contribution in [1.82, 2.24) is 14.9 Å². The summed E-state index contributed by atoms with van der Waals surface area (Å²) in [4.78, 5) is 4.86. The number of rotatable bonds is 3. The third-order valence-corrected chi connectivity index (χ3v) is 4.98. The van der Waals surface area contributed by atoms with E-state index >= 15 is 0 Å². The third kappa shape index (κ3) is 3.21. The Bertz CT molecular complexity index is 990. The fourth-order valence-corrected chi connectivity index (χ4v) is 3.45. The quantitative estimate of drug-likeness (QED) is 0.703.